The molecule has 158 valence electrons. The monoisotopic (exact) mass is 414 g/mol. The van der Waals surface area contributed by atoms with Crippen LogP contribution in [0.3, 0.4) is 0 Å². The molecule has 4 atom stereocenters. The Kier molecular flexibility index (Phi) is 5.48. The van der Waals surface area contributed by atoms with Gasteiger partial charge in [0.25, 0.3) is 5.91 Å². The van der Waals surface area contributed by atoms with E-state index in [0.29, 0.717) is 30.1 Å². The number of rotatable bonds is 6. The lowest BCUT2D eigenvalue weighted by Gasteiger charge is -2.16. The van der Waals surface area contributed by atoms with Gasteiger partial charge in [-0.05, 0) is 24.6 Å². The summed E-state index contributed by atoms with van der Waals surface area (Å²) in [5, 5.41) is 35.8. The van der Waals surface area contributed by atoms with Crippen LogP contribution in [0.15, 0.2) is 36.9 Å². The third kappa shape index (κ3) is 3.65. The number of anilines is 1. The average Bonchev–Trinajstić information content (AvgIpc) is 3.29. The van der Waals surface area contributed by atoms with Crippen molar-refractivity contribution < 1.29 is 24.9 Å². The number of aromatic nitrogens is 4. The molecule has 1 aliphatic heterocycles. The summed E-state index contributed by atoms with van der Waals surface area (Å²) in [6.07, 6.45) is -2.18. The Morgan fingerprint density at radius 1 is 1.17 bits per heavy atom. The molecule has 3 aromatic rings. The number of nitrogens with zero attached hydrogens (tertiary/aromatic N) is 4. The second-order valence-corrected chi connectivity index (χ2v) is 6.89. The van der Waals surface area contributed by atoms with Crippen molar-refractivity contribution in [3.8, 4) is 5.75 Å². The normalized spacial score (nSPS) is 23.6. The van der Waals surface area contributed by atoms with Crippen LogP contribution in [0.5, 0.6) is 5.75 Å². The van der Waals surface area contributed by atoms with Crippen LogP contribution < -0.4 is 10.6 Å². The number of hydrogen-bond acceptors (Lipinski definition) is 9. The third-order valence-corrected chi connectivity index (χ3v) is 4.88. The summed E-state index contributed by atoms with van der Waals surface area (Å²) in [7, 11) is 0. The molecule has 30 heavy (non-hydrogen) atoms. The molecule has 4 unspecified atom stereocenters. The largest absolute Gasteiger partial charge is 0.508 e. The van der Waals surface area contributed by atoms with Crippen molar-refractivity contribution in [1.82, 2.24) is 24.8 Å². The maximum absolute atomic E-state index is 12.1. The zero-order valence-corrected chi connectivity index (χ0v) is 16.1. The van der Waals surface area contributed by atoms with Gasteiger partial charge in [0.2, 0.25) is 0 Å². The van der Waals surface area contributed by atoms with Crippen LogP contribution in [-0.2, 0) is 16.1 Å². The molecule has 1 fully saturated rings. The Balaban J connectivity index is 1.57. The van der Waals surface area contributed by atoms with Crippen LogP contribution in [0.25, 0.3) is 11.2 Å². The van der Waals surface area contributed by atoms with Gasteiger partial charge in [-0.2, -0.15) is 0 Å². The molecule has 0 saturated carbocycles. The van der Waals surface area contributed by atoms with Gasteiger partial charge < -0.3 is 30.7 Å². The minimum Gasteiger partial charge on any atom is -0.508 e. The van der Waals surface area contributed by atoms with E-state index in [1.807, 2.05) is 0 Å². The number of aliphatic hydroxyl groups excluding tert-OH is 2. The molecule has 1 aliphatic rings. The van der Waals surface area contributed by atoms with E-state index >= 15 is 0 Å². The maximum atomic E-state index is 12.1. The van der Waals surface area contributed by atoms with Crippen LogP contribution in [-0.4, -0.2) is 65.6 Å². The highest BCUT2D eigenvalue weighted by Gasteiger charge is 2.47. The lowest BCUT2D eigenvalue weighted by molar-refractivity contribution is -0.137. The number of imidazole rings is 1. The van der Waals surface area contributed by atoms with E-state index in [9.17, 15) is 20.1 Å². The van der Waals surface area contributed by atoms with Gasteiger partial charge in [-0.3, -0.25) is 9.36 Å². The van der Waals surface area contributed by atoms with E-state index in [-0.39, 0.29) is 5.75 Å². The summed E-state index contributed by atoms with van der Waals surface area (Å²) in [4.78, 5) is 24.8. The van der Waals surface area contributed by atoms with Crippen molar-refractivity contribution in [3.63, 3.8) is 0 Å². The van der Waals surface area contributed by atoms with Crippen molar-refractivity contribution in [2.24, 2.45) is 0 Å². The Hall–Kier alpha value is -3.28. The Labute approximate surface area is 171 Å². The van der Waals surface area contributed by atoms with Gasteiger partial charge in [0.05, 0.1) is 6.33 Å². The van der Waals surface area contributed by atoms with E-state index < -0.39 is 30.4 Å². The van der Waals surface area contributed by atoms with Crippen molar-refractivity contribution in [1.29, 1.82) is 0 Å². The highest BCUT2D eigenvalue weighted by molar-refractivity contribution is 5.83. The van der Waals surface area contributed by atoms with Gasteiger partial charge in [0.1, 0.15) is 24.3 Å². The second kappa shape index (κ2) is 8.22. The Bertz CT molecular complexity index is 1040. The summed E-state index contributed by atoms with van der Waals surface area (Å²) < 4.78 is 7.11. The smallest absolute Gasteiger partial charge is 0.252 e. The van der Waals surface area contributed by atoms with Crippen LogP contribution in [0.1, 0.15) is 18.7 Å². The van der Waals surface area contributed by atoms with E-state index in [0.717, 1.165) is 5.56 Å². The van der Waals surface area contributed by atoms with E-state index in [1.54, 1.807) is 31.2 Å². The number of hydrogen-bond donors (Lipinski definition) is 5. The number of aliphatic hydroxyl groups is 2. The predicted octanol–water partition coefficient (Wildman–Crippen LogP) is -0.101. The fourth-order valence-corrected chi connectivity index (χ4v) is 3.35. The number of carbonyl (C=O) groups is 1. The second-order valence-electron chi connectivity index (χ2n) is 6.89. The van der Waals surface area contributed by atoms with Crippen LogP contribution >= 0.6 is 0 Å². The fraction of sp³-hybridized carbons (Fsp3) is 0.368. The molecule has 1 amide bonds. The summed E-state index contributed by atoms with van der Waals surface area (Å²) >= 11 is 0. The predicted molar refractivity (Wildman–Crippen MR) is 105 cm³/mol. The number of ether oxygens (including phenoxy) is 1. The van der Waals surface area contributed by atoms with Crippen LogP contribution in [0.4, 0.5) is 5.82 Å². The molecular weight excluding hydrogens is 392 g/mol. The number of carbonyl (C=O) groups excluding carboxylic acids is 1. The van der Waals surface area contributed by atoms with Gasteiger partial charge in [-0.25, -0.2) is 15.0 Å². The number of phenolic OH excluding ortho intramolecular Hbond substituents is 1. The highest BCUT2D eigenvalue weighted by atomic mass is 16.6. The quantitative estimate of drug-likeness (QED) is 0.372. The van der Waals surface area contributed by atoms with Crippen LogP contribution in [0, 0.1) is 0 Å². The summed E-state index contributed by atoms with van der Waals surface area (Å²) in [5.41, 5.74) is 1.76. The number of aromatic hydroxyl groups is 1. The molecule has 0 aliphatic carbocycles. The zero-order valence-electron chi connectivity index (χ0n) is 16.1. The fourth-order valence-electron chi connectivity index (χ4n) is 3.35. The summed E-state index contributed by atoms with van der Waals surface area (Å²) in [5.74, 6) is 0.159. The first-order chi connectivity index (χ1) is 14.5. The van der Waals surface area contributed by atoms with E-state index in [1.165, 1.54) is 17.2 Å². The van der Waals surface area contributed by atoms with Gasteiger partial charge in [-0.15, -0.1) is 0 Å². The first-order valence-electron chi connectivity index (χ1n) is 9.48. The van der Waals surface area contributed by atoms with Crippen molar-refractivity contribution in [2.45, 2.75) is 38.0 Å². The molecule has 5 N–H and O–H groups in total. The van der Waals surface area contributed by atoms with Crippen molar-refractivity contribution in [3.05, 3.63) is 42.5 Å². The van der Waals surface area contributed by atoms with E-state index in [4.69, 9.17) is 4.74 Å². The third-order valence-electron chi connectivity index (χ3n) is 4.88. The number of fused-ring (bicyclic) bond motifs is 1. The van der Waals surface area contributed by atoms with Crippen LogP contribution in [0.2, 0.25) is 0 Å². The molecule has 4 rings (SSSR count). The maximum Gasteiger partial charge on any atom is 0.252 e. The number of phenols is 1. The molecule has 2 aromatic heterocycles. The summed E-state index contributed by atoms with van der Waals surface area (Å²) in [6.45, 7) is 2.57. The minimum atomic E-state index is -1.38. The standard InChI is InChI=1S/C19H22N6O5/c1-2-20-18(29)15-13(27)14(28)19(30-15)25-9-24-12-16(22-8-23-17(12)25)21-7-10-3-5-11(26)6-4-10/h3-6,8-9,13-15,19,26-28H,2,7H2,1H3,(H,20,29)(H,21,22,23). The first-order valence-corrected chi connectivity index (χ1v) is 9.48. The number of likely N-dealkylation sites (N-methyl/N-ethyl adjacent to an activating group) is 1. The highest BCUT2D eigenvalue weighted by Crippen LogP contribution is 2.32. The van der Waals surface area contributed by atoms with E-state index in [2.05, 4.69) is 25.6 Å². The number of amides is 1. The molecule has 0 spiro atoms. The molecule has 11 heteroatoms. The van der Waals surface area contributed by atoms with Gasteiger partial charge in [0.15, 0.2) is 29.3 Å². The Morgan fingerprint density at radius 2 is 1.93 bits per heavy atom. The van der Waals surface area contributed by atoms with Gasteiger partial charge >= 0.3 is 0 Å². The molecule has 1 saturated heterocycles. The van der Waals surface area contributed by atoms with Gasteiger partial charge in [-0.1, -0.05) is 12.1 Å². The first kappa shape index (κ1) is 20.0. The number of nitrogens with one attached hydrogen (secondary N) is 2. The average molecular weight is 414 g/mol. The SMILES string of the molecule is CCNC(=O)C1OC(n2cnc3c(NCc4ccc(O)cc4)ncnc32)C(O)C1O. The zero-order chi connectivity index (χ0) is 21.3. The number of benzene rings is 1. The topological polar surface area (TPSA) is 155 Å². The molecule has 1 aromatic carbocycles. The molecule has 11 nitrogen and oxygen atoms in total. The molecule has 0 radical (unpaired) electrons. The summed E-state index contributed by atoms with van der Waals surface area (Å²) in [6, 6.07) is 6.75. The van der Waals surface area contributed by atoms with Crippen molar-refractivity contribution >= 4 is 22.9 Å². The molecule has 3 heterocycles. The molecule has 0 bridgehead atoms. The lowest BCUT2D eigenvalue weighted by Crippen LogP contribution is -2.42. The van der Waals surface area contributed by atoms with Gasteiger partial charge in [0, 0.05) is 13.1 Å². The minimum absolute atomic E-state index is 0.185. The molecular formula is C19H22N6O5. The Morgan fingerprint density at radius 3 is 2.67 bits per heavy atom. The lowest BCUT2D eigenvalue weighted by atomic mass is 10.1. The van der Waals surface area contributed by atoms with Crippen molar-refractivity contribution in [2.75, 3.05) is 11.9 Å².